The Morgan fingerprint density at radius 1 is 1.36 bits per heavy atom. The van der Waals surface area contributed by atoms with Crippen molar-refractivity contribution in [1.29, 1.82) is 0 Å². The van der Waals surface area contributed by atoms with Gasteiger partial charge in [-0.2, -0.15) is 0 Å². The molecule has 0 radical (unpaired) electrons. The van der Waals surface area contributed by atoms with Gasteiger partial charge in [0.2, 0.25) is 0 Å². The molecule has 0 saturated carbocycles. The molecule has 0 bridgehead atoms. The quantitative estimate of drug-likeness (QED) is 0.722. The Hall–Kier alpha value is -1.15. The fourth-order valence-electron chi connectivity index (χ4n) is 2.55. The van der Waals surface area contributed by atoms with Gasteiger partial charge in [0.1, 0.15) is 0 Å². The fourth-order valence-corrected chi connectivity index (χ4v) is 2.55. The van der Waals surface area contributed by atoms with Gasteiger partial charge in [0.05, 0.1) is 0 Å². The van der Waals surface area contributed by atoms with Crippen molar-refractivity contribution in [2.24, 2.45) is 11.8 Å². The third-order valence-corrected chi connectivity index (χ3v) is 3.32. The van der Waals surface area contributed by atoms with Crippen molar-refractivity contribution >= 4 is 5.57 Å². The highest BCUT2D eigenvalue weighted by atomic mass is 14.9. The molecule has 2 atom stereocenters. The zero-order chi connectivity index (χ0) is 9.38. The largest absolute Gasteiger partial charge is 0.316 e. The lowest BCUT2D eigenvalue weighted by molar-refractivity contribution is 0.536. The van der Waals surface area contributed by atoms with Crippen LogP contribution < -0.4 is 5.32 Å². The number of nitrogens with one attached hydrogen (secondary N) is 1. The predicted molar refractivity (Wildman–Crippen MR) is 56.7 cm³/mol. The van der Waals surface area contributed by atoms with E-state index in [2.05, 4.69) is 22.4 Å². The second-order valence-electron chi connectivity index (χ2n) is 4.22. The lowest BCUT2D eigenvalue weighted by Gasteiger charge is -2.05. The van der Waals surface area contributed by atoms with E-state index < -0.39 is 0 Å². The predicted octanol–water partition coefficient (Wildman–Crippen LogP) is 1.70. The molecular weight excluding hydrogens is 172 g/mol. The van der Waals surface area contributed by atoms with Crippen LogP contribution in [0.25, 0.3) is 5.57 Å². The van der Waals surface area contributed by atoms with Crippen LogP contribution in [-0.4, -0.2) is 18.1 Å². The first-order valence-electron chi connectivity index (χ1n) is 5.25. The second-order valence-corrected chi connectivity index (χ2v) is 4.22. The van der Waals surface area contributed by atoms with Crippen LogP contribution in [0.5, 0.6) is 0 Å². The van der Waals surface area contributed by atoms with Gasteiger partial charge in [-0.15, -0.1) is 0 Å². The molecule has 1 aliphatic heterocycles. The van der Waals surface area contributed by atoms with E-state index in [1.54, 1.807) is 0 Å². The minimum atomic E-state index is 0.769. The number of rotatable bonds is 1. The van der Waals surface area contributed by atoms with E-state index in [0.717, 1.165) is 18.4 Å². The maximum Gasteiger partial charge on any atom is 0.0342 e. The van der Waals surface area contributed by atoms with Crippen molar-refractivity contribution in [3.63, 3.8) is 0 Å². The Bertz CT molecular complexity index is 356. The average molecular weight is 186 g/mol. The Morgan fingerprint density at radius 2 is 2.36 bits per heavy atom. The molecule has 1 saturated heterocycles. The van der Waals surface area contributed by atoms with Gasteiger partial charge < -0.3 is 5.32 Å². The third kappa shape index (κ3) is 1.26. The van der Waals surface area contributed by atoms with Gasteiger partial charge in [-0.05, 0) is 42.0 Å². The summed E-state index contributed by atoms with van der Waals surface area (Å²) in [5, 5.41) is 3.44. The molecule has 1 aliphatic carbocycles. The van der Waals surface area contributed by atoms with Crippen LogP contribution in [0.3, 0.4) is 0 Å². The lowest BCUT2D eigenvalue weighted by atomic mass is 9.99. The molecule has 1 fully saturated rings. The van der Waals surface area contributed by atoms with Gasteiger partial charge in [0, 0.05) is 18.9 Å². The SMILES string of the molecule is C1=C(c2cccnc2)C[C@@H]2CNC[C@H]12. The Labute approximate surface area is 84.1 Å². The standard InChI is InChI=1S/C12H14N2/c1-2-9(6-13-3-1)10-4-11-7-14-8-12(11)5-10/h1-4,6,11-12,14H,5,7-8H2/t11-,12+/m0/s1. The fraction of sp³-hybridized carbons (Fsp3) is 0.417. The number of hydrogen-bond acceptors (Lipinski definition) is 2. The molecule has 1 aromatic heterocycles. The van der Waals surface area contributed by atoms with Gasteiger partial charge in [-0.1, -0.05) is 12.1 Å². The monoisotopic (exact) mass is 186 g/mol. The number of pyridine rings is 1. The molecule has 0 amide bonds. The molecule has 1 aromatic rings. The van der Waals surface area contributed by atoms with E-state index in [1.807, 2.05) is 18.5 Å². The van der Waals surface area contributed by atoms with E-state index in [-0.39, 0.29) is 0 Å². The summed E-state index contributed by atoms with van der Waals surface area (Å²) in [5.41, 5.74) is 2.80. The summed E-state index contributed by atoms with van der Waals surface area (Å²) in [7, 11) is 0. The van der Waals surface area contributed by atoms with Gasteiger partial charge in [0.25, 0.3) is 0 Å². The zero-order valence-electron chi connectivity index (χ0n) is 8.11. The number of allylic oxidation sites excluding steroid dienone is 1. The Balaban J connectivity index is 1.88. The number of nitrogens with zero attached hydrogens (tertiary/aromatic N) is 1. The lowest BCUT2D eigenvalue weighted by Crippen LogP contribution is -2.09. The normalized spacial score (nSPS) is 30.1. The van der Waals surface area contributed by atoms with Crippen molar-refractivity contribution in [2.75, 3.05) is 13.1 Å². The van der Waals surface area contributed by atoms with Crippen molar-refractivity contribution in [1.82, 2.24) is 10.3 Å². The molecule has 72 valence electrons. The summed E-state index contributed by atoms with van der Waals surface area (Å²) in [4.78, 5) is 4.17. The molecule has 0 spiro atoms. The highest BCUT2D eigenvalue weighted by Crippen LogP contribution is 2.37. The summed E-state index contributed by atoms with van der Waals surface area (Å²) in [5.74, 6) is 1.61. The second kappa shape index (κ2) is 3.21. The van der Waals surface area contributed by atoms with Gasteiger partial charge in [-0.3, -0.25) is 4.98 Å². The third-order valence-electron chi connectivity index (χ3n) is 3.32. The van der Waals surface area contributed by atoms with Crippen LogP contribution in [0.15, 0.2) is 30.6 Å². The summed E-state index contributed by atoms with van der Waals surface area (Å²) in [6.07, 6.45) is 7.47. The van der Waals surface area contributed by atoms with E-state index >= 15 is 0 Å². The minimum absolute atomic E-state index is 0.769. The molecule has 0 aromatic carbocycles. The van der Waals surface area contributed by atoms with Crippen LogP contribution in [0.2, 0.25) is 0 Å². The number of hydrogen-bond donors (Lipinski definition) is 1. The van der Waals surface area contributed by atoms with Crippen LogP contribution in [0, 0.1) is 11.8 Å². The molecule has 0 unspecified atom stereocenters. The first-order chi connectivity index (χ1) is 6.93. The van der Waals surface area contributed by atoms with Gasteiger partial charge in [-0.25, -0.2) is 0 Å². The van der Waals surface area contributed by atoms with Crippen molar-refractivity contribution < 1.29 is 0 Å². The van der Waals surface area contributed by atoms with Crippen LogP contribution >= 0.6 is 0 Å². The Kier molecular flexibility index (Phi) is 1.88. The topological polar surface area (TPSA) is 24.9 Å². The first kappa shape index (κ1) is 8.18. The van der Waals surface area contributed by atoms with E-state index in [4.69, 9.17) is 0 Å². The molecule has 2 heteroatoms. The van der Waals surface area contributed by atoms with Crippen molar-refractivity contribution in [3.05, 3.63) is 36.2 Å². The molecule has 14 heavy (non-hydrogen) atoms. The number of fused-ring (bicyclic) bond motifs is 1. The summed E-state index contributed by atoms with van der Waals surface area (Å²) >= 11 is 0. The maximum absolute atomic E-state index is 4.17. The maximum atomic E-state index is 4.17. The summed E-state index contributed by atoms with van der Waals surface area (Å²) in [6.45, 7) is 2.35. The highest BCUT2D eigenvalue weighted by molar-refractivity contribution is 5.67. The van der Waals surface area contributed by atoms with Crippen LogP contribution in [0.4, 0.5) is 0 Å². The molecule has 2 heterocycles. The molecule has 2 aliphatic rings. The van der Waals surface area contributed by atoms with Gasteiger partial charge >= 0.3 is 0 Å². The first-order valence-corrected chi connectivity index (χ1v) is 5.25. The molecule has 3 rings (SSSR count). The minimum Gasteiger partial charge on any atom is -0.316 e. The van der Waals surface area contributed by atoms with Crippen molar-refractivity contribution in [3.8, 4) is 0 Å². The average Bonchev–Trinajstić information content (AvgIpc) is 2.78. The zero-order valence-corrected chi connectivity index (χ0v) is 8.11. The Morgan fingerprint density at radius 3 is 3.14 bits per heavy atom. The highest BCUT2D eigenvalue weighted by Gasteiger charge is 2.31. The van der Waals surface area contributed by atoms with E-state index in [9.17, 15) is 0 Å². The van der Waals surface area contributed by atoms with Gasteiger partial charge in [0.15, 0.2) is 0 Å². The summed E-state index contributed by atoms with van der Waals surface area (Å²) < 4.78 is 0. The van der Waals surface area contributed by atoms with Crippen LogP contribution in [0.1, 0.15) is 12.0 Å². The summed E-state index contributed by atoms with van der Waals surface area (Å²) in [6, 6.07) is 4.18. The van der Waals surface area contributed by atoms with E-state index in [0.29, 0.717) is 0 Å². The van der Waals surface area contributed by atoms with Crippen LogP contribution in [-0.2, 0) is 0 Å². The number of aromatic nitrogens is 1. The smallest absolute Gasteiger partial charge is 0.0342 e. The molecule has 1 N–H and O–H groups in total. The molecule has 2 nitrogen and oxygen atoms in total. The molecular formula is C12H14N2. The van der Waals surface area contributed by atoms with Crippen molar-refractivity contribution in [2.45, 2.75) is 6.42 Å². The van der Waals surface area contributed by atoms with E-state index in [1.165, 1.54) is 24.1 Å².